The molecule has 2 aromatic carbocycles. The summed E-state index contributed by atoms with van der Waals surface area (Å²) >= 11 is 0. The lowest BCUT2D eigenvalue weighted by molar-refractivity contribution is -0.137. The fraction of sp³-hybridized carbons (Fsp3) is 0.462. The molecule has 8 nitrogen and oxygen atoms in total. The molecule has 0 spiro atoms. The van der Waals surface area contributed by atoms with Gasteiger partial charge in [0.2, 0.25) is 0 Å². The Labute approximate surface area is 214 Å². The number of ether oxygens (including phenoxy) is 1. The van der Waals surface area contributed by atoms with Crippen LogP contribution < -0.4 is 15.0 Å². The number of aliphatic hydroxyl groups is 1. The van der Waals surface area contributed by atoms with Gasteiger partial charge in [-0.15, -0.1) is 0 Å². The number of carbonyl (C=O) groups is 2. The predicted octanol–water partition coefficient (Wildman–Crippen LogP) is 4.16. The minimum absolute atomic E-state index is 0.151. The highest BCUT2D eigenvalue weighted by atomic mass is 19.4. The van der Waals surface area contributed by atoms with Crippen LogP contribution in [0.1, 0.15) is 29.8 Å². The molecule has 3 atom stereocenters. The molecule has 2 aromatic rings. The van der Waals surface area contributed by atoms with Gasteiger partial charge in [-0.3, -0.25) is 4.79 Å². The van der Waals surface area contributed by atoms with Gasteiger partial charge in [0.15, 0.2) is 0 Å². The monoisotopic (exact) mass is 522 g/mol. The lowest BCUT2D eigenvalue weighted by Crippen LogP contribution is -2.50. The number of hydrogen-bond acceptors (Lipinski definition) is 5. The van der Waals surface area contributed by atoms with Gasteiger partial charge in [0.05, 0.1) is 30.3 Å². The molecule has 0 aliphatic carbocycles. The maximum absolute atomic E-state index is 13.4. The Kier molecular flexibility index (Phi) is 8.57. The first kappa shape index (κ1) is 28.1. The van der Waals surface area contributed by atoms with E-state index in [-0.39, 0.29) is 30.7 Å². The first-order valence-corrected chi connectivity index (χ1v) is 11.9. The fourth-order valence-electron chi connectivity index (χ4n) is 4.02. The lowest BCUT2D eigenvalue weighted by atomic mass is 9.99. The summed E-state index contributed by atoms with van der Waals surface area (Å²) in [5.74, 6) is -0.0845. The number of halogens is 3. The van der Waals surface area contributed by atoms with Crippen molar-refractivity contribution in [3.05, 3.63) is 53.6 Å². The summed E-state index contributed by atoms with van der Waals surface area (Å²) in [7, 11) is 5.28. The minimum Gasteiger partial charge on any atom is -0.487 e. The minimum atomic E-state index is -4.46. The van der Waals surface area contributed by atoms with Gasteiger partial charge < -0.3 is 29.9 Å². The molecule has 0 fully saturated rings. The molecule has 1 aliphatic heterocycles. The number of fused-ring (bicyclic) bond motifs is 1. The Morgan fingerprint density at radius 3 is 2.41 bits per heavy atom. The van der Waals surface area contributed by atoms with Crippen LogP contribution in [-0.2, 0) is 6.18 Å². The number of nitrogens with one attached hydrogen (secondary N) is 1. The molecule has 3 amide bonds. The molecule has 1 heterocycles. The first-order chi connectivity index (χ1) is 17.3. The van der Waals surface area contributed by atoms with Crippen LogP contribution in [-0.4, -0.2) is 79.8 Å². The van der Waals surface area contributed by atoms with Crippen molar-refractivity contribution < 1.29 is 32.6 Å². The van der Waals surface area contributed by atoms with Crippen LogP contribution in [0.4, 0.5) is 29.3 Å². The van der Waals surface area contributed by atoms with Crippen molar-refractivity contribution >= 4 is 23.3 Å². The molecule has 0 saturated carbocycles. The molecule has 0 unspecified atom stereocenters. The largest absolute Gasteiger partial charge is 0.487 e. The second kappa shape index (κ2) is 11.3. The number of amides is 3. The highest BCUT2D eigenvalue weighted by Gasteiger charge is 2.34. The first-order valence-electron chi connectivity index (χ1n) is 11.9. The maximum Gasteiger partial charge on any atom is 0.416 e. The average Bonchev–Trinajstić information content (AvgIpc) is 2.84. The van der Waals surface area contributed by atoms with E-state index in [0.717, 1.165) is 17.8 Å². The molecule has 0 radical (unpaired) electrons. The topological polar surface area (TPSA) is 85.4 Å². The van der Waals surface area contributed by atoms with Gasteiger partial charge in [-0.2, -0.15) is 13.2 Å². The van der Waals surface area contributed by atoms with E-state index in [4.69, 9.17) is 4.74 Å². The lowest BCUT2D eigenvalue weighted by Gasteiger charge is -2.38. The molecule has 3 rings (SSSR count). The van der Waals surface area contributed by atoms with Gasteiger partial charge in [-0.1, -0.05) is 6.92 Å². The average molecular weight is 523 g/mol. The van der Waals surface area contributed by atoms with E-state index in [1.807, 2.05) is 32.0 Å². The summed E-state index contributed by atoms with van der Waals surface area (Å²) in [6.07, 6.45) is -4.97. The molecule has 0 saturated heterocycles. The van der Waals surface area contributed by atoms with Crippen molar-refractivity contribution in [1.29, 1.82) is 0 Å². The van der Waals surface area contributed by atoms with Gasteiger partial charge in [-0.25, -0.2) is 4.79 Å². The van der Waals surface area contributed by atoms with Crippen molar-refractivity contribution in [3.63, 3.8) is 0 Å². The Morgan fingerprint density at radius 2 is 1.84 bits per heavy atom. The van der Waals surface area contributed by atoms with Crippen LogP contribution in [0.5, 0.6) is 5.75 Å². The number of carbonyl (C=O) groups excluding carboxylic acids is 2. The molecule has 0 aromatic heterocycles. The number of likely N-dealkylation sites (N-methyl/N-ethyl adjacent to an activating group) is 1. The van der Waals surface area contributed by atoms with E-state index in [2.05, 4.69) is 5.32 Å². The molecule has 0 bridgehead atoms. The standard InChI is InChI=1S/C26H33F3N4O4/c1-16-13-33(17(2)15-34)24(35)21-12-20(31(3)4)10-11-22(21)37-23(16)14-32(5)25(36)30-19-8-6-18(7-9-19)26(27,28)29/h6-12,16-17,23,34H,13-15H2,1-5H3,(H,30,36)/t16-,17+,23-/m1/s1. The van der Waals surface area contributed by atoms with Gasteiger partial charge >= 0.3 is 12.2 Å². The second-order valence-corrected chi connectivity index (χ2v) is 9.58. The number of urea groups is 1. The van der Waals surface area contributed by atoms with Crippen LogP contribution in [0, 0.1) is 5.92 Å². The van der Waals surface area contributed by atoms with E-state index in [0.29, 0.717) is 17.9 Å². The van der Waals surface area contributed by atoms with Gasteiger partial charge in [0.1, 0.15) is 11.9 Å². The highest BCUT2D eigenvalue weighted by molar-refractivity contribution is 5.98. The van der Waals surface area contributed by atoms with Crippen molar-refractivity contribution in [2.24, 2.45) is 5.92 Å². The van der Waals surface area contributed by atoms with Crippen LogP contribution >= 0.6 is 0 Å². The Morgan fingerprint density at radius 1 is 1.19 bits per heavy atom. The summed E-state index contributed by atoms with van der Waals surface area (Å²) in [5, 5.41) is 12.4. The summed E-state index contributed by atoms with van der Waals surface area (Å²) in [5.41, 5.74) is 0.597. The quantitative estimate of drug-likeness (QED) is 0.595. The predicted molar refractivity (Wildman–Crippen MR) is 135 cm³/mol. The third-order valence-corrected chi connectivity index (χ3v) is 6.43. The molecule has 202 valence electrons. The maximum atomic E-state index is 13.4. The third kappa shape index (κ3) is 6.65. The smallest absolute Gasteiger partial charge is 0.416 e. The van der Waals surface area contributed by atoms with E-state index < -0.39 is 29.9 Å². The number of hydrogen-bond donors (Lipinski definition) is 2. The van der Waals surface area contributed by atoms with Crippen molar-refractivity contribution in [1.82, 2.24) is 9.80 Å². The fourth-order valence-corrected chi connectivity index (χ4v) is 4.02. The van der Waals surface area contributed by atoms with Gasteiger partial charge in [-0.05, 0) is 49.4 Å². The Balaban J connectivity index is 1.81. The number of alkyl halides is 3. The number of benzene rings is 2. The van der Waals surface area contributed by atoms with Crippen LogP contribution in [0.3, 0.4) is 0 Å². The van der Waals surface area contributed by atoms with E-state index in [1.165, 1.54) is 17.0 Å². The van der Waals surface area contributed by atoms with Crippen molar-refractivity contribution in [2.75, 3.05) is 51.1 Å². The van der Waals surface area contributed by atoms with Crippen LogP contribution in [0.15, 0.2) is 42.5 Å². The van der Waals surface area contributed by atoms with Gasteiger partial charge in [0.25, 0.3) is 5.91 Å². The zero-order chi connectivity index (χ0) is 27.5. The van der Waals surface area contributed by atoms with Crippen LogP contribution in [0.25, 0.3) is 0 Å². The molecule has 37 heavy (non-hydrogen) atoms. The SMILES string of the molecule is C[C@@H]1CN([C@@H](C)CO)C(=O)c2cc(N(C)C)ccc2O[C@@H]1CN(C)C(=O)Nc1ccc(C(F)(F)F)cc1. The van der Waals surface area contributed by atoms with Crippen molar-refractivity contribution in [3.8, 4) is 5.75 Å². The molecule has 1 aliphatic rings. The molecular formula is C26H33F3N4O4. The summed E-state index contributed by atoms with van der Waals surface area (Å²) < 4.78 is 44.7. The molecule has 2 N–H and O–H groups in total. The van der Waals surface area contributed by atoms with E-state index in [1.54, 1.807) is 31.0 Å². The summed E-state index contributed by atoms with van der Waals surface area (Å²) in [6.45, 7) is 3.91. The normalized spacial score (nSPS) is 18.7. The highest BCUT2D eigenvalue weighted by Crippen LogP contribution is 2.32. The van der Waals surface area contributed by atoms with Crippen molar-refractivity contribution in [2.45, 2.75) is 32.2 Å². The summed E-state index contributed by atoms with van der Waals surface area (Å²) in [4.78, 5) is 31.1. The van der Waals surface area contributed by atoms with Crippen LogP contribution in [0.2, 0.25) is 0 Å². The molecular weight excluding hydrogens is 489 g/mol. The third-order valence-electron chi connectivity index (χ3n) is 6.43. The Bertz CT molecular complexity index is 1110. The number of rotatable bonds is 6. The zero-order valence-electron chi connectivity index (χ0n) is 21.5. The van der Waals surface area contributed by atoms with E-state index >= 15 is 0 Å². The molecule has 11 heteroatoms. The number of aliphatic hydroxyl groups excluding tert-OH is 1. The second-order valence-electron chi connectivity index (χ2n) is 9.58. The number of anilines is 2. The summed E-state index contributed by atoms with van der Waals surface area (Å²) in [6, 6.07) is 8.55. The zero-order valence-corrected chi connectivity index (χ0v) is 21.5. The van der Waals surface area contributed by atoms with E-state index in [9.17, 15) is 27.9 Å². The van der Waals surface area contributed by atoms with Gasteiger partial charge in [0, 0.05) is 45.0 Å². The Hall–Kier alpha value is -3.47. The number of nitrogens with zero attached hydrogens (tertiary/aromatic N) is 3.